The van der Waals surface area contributed by atoms with Crippen LogP contribution in [0, 0.1) is 0 Å². The van der Waals surface area contributed by atoms with Crippen molar-refractivity contribution in [1.82, 2.24) is 4.98 Å². The average molecular weight is 404 g/mol. The highest BCUT2D eigenvalue weighted by Crippen LogP contribution is 2.22. The molecule has 1 aromatic heterocycles. The van der Waals surface area contributed by atoms with E-state index in [2.05, 4.69) is 20.9 Å². The normalized spacial score (nSPS) is 10.5. The summed E-state index contributed by atoms with van der Waals surface area (Å²) in [5, 5.41) is 0. The first-order valence-electron chi connectivity index (χ1n) is 7.25. The minimum Gasteiger partial charge on any atom is -0.455 e. The van der Waals surface area contributed by atoms with Gasteiger partial charge in [-0.2, -0.15) is 0 Å². The summed E-state index contributed by atoms with van der Waals surface area (Å²) in [6.45, 7) is 0.0343. The van der Waals surface area contributed by atoms with Gasteiger partial charge in [-0.25, -0.2) is 4.98 Å². The molecule has 4 nitrogen and oxygen atoms in total. The van der Waals surface area contributed by atoms with Gasteiger partial charge in [-0.3, -0.25) is 4.79 Å². The zero-order chi connectivity index (χ0) is 16.8. The number of oxazole rings is 1. The van der Waals surface area contributed by atoms with Crippen LogP contribution in [0.2, 0.25) is 0 Å². The van der Waals surface area contributed by atoms with E-state index in [1.165, 1.54) is 11.8 Å². The maximum Gasteiger partial charge on any atom is 0.316 e. The van der Waals surface area contributed by atoms with E-state index in [4.69, 9.17) is 9.15 Å². The number of carbonyl (C=O) groups is 1. The van der Waals surface area contributed by atoms with Crippen molar-refractivity contribution in [3.63, 3.8) is 0 Å². The Kier molecular flexibility index (Phi) is 5.72. The van der Waals surface area contributed by atoms with Crippen LogP contribution >= 0.6 is 27.7 Å². The molecule has 3 aromatic rings. The van der Waals surface area contributed by atoms with Crippen LogP contribution in [0.1, 0.15) is 5.89 Å². The van der Waals surface area contributed by atoms with Gasteiger partial charge in [0.2, 0.25) is 5.89 Å². The number of ether oxygens (including phenoxy) is 1. The van der Waals surface area contributed by atoms with E-state index in [1.807, 2.05) is 54.6 Å². The minimum atomic E-state index is -0.303. The first-order chi connectivity index (χ1) is 11.7. The smallest absolute Gasteiger partial charge is 0.316 e. The lowest BCUT2D eigenvalue weighted by atomic mass is 10.2. The summed E-state index contributed by atoms with van der Waals surface area (Å²) in [4.78, 5) is 17.0. The molecule has 0 atom stereocenters. The SMILES string of the molecule is O=C(CSc1ccc(Br)cc1)OCc1ncc(-c2ccccc2)o1. The lowest BCUT2D eigenvalue weighted by Crippen LogP contribution is -2.07. The second-order valence-electron chi connectivity index (χ2n) is 4.89. The molecule has 24 heavy (non-hydrogen) atoms. The molecule has 0 aliphatic rings. The van der Waals surface area contributed by atoms with Crippen LogP contribution < -0.4 is 0 Å². The Hall–Kier alpha value is -2.05. The van der Waals surface area contributed by atoms with Crippen LogP contribution in [0.25, 0.3) is 11.3 Å². The van der Waals surface area contributed by atoms with E-state index < -0.39 is 0 Å². The van der Waals surface area contributed by atoms with Crippen LogP contribution in [0.5, 0.6) is 0 Å². The number of halogens is 1. The third-order valence-corrected chi connectivity index (χ3v) is 4.65. The highest BCUT2D eigenvalue weighted by molar-refractivity contribution is 9.10. The largest absolute Gasteiger partial charge is 0.455 e. The number of carbonyl (C=O) groups excluding carboxylic acids is 1. The van der Waals surface area contributed by atoms with Gasteiger partial charge in [-0.05, 0) is 24.3 Å². The number of hydrogen-bond acceptors (Lipinski definition) is 5. The molecule has 0 saturated carbocycles. The van der Waals surface area contributed by atoms with Crippen molar-refractivity contribution in [3.05, 3.63) is 71.2 Å². The first-order valence-corrected chi connectivity index (χ1v) is 9.03. The third kappa shape index (κ3) is 4.72. The first kappa shape index (κ1) is 16.8. The van der Waals surface area contributed by atoms with Gasteiger partial charge in [-0.15, -0.1) is 11.8 Å². The fourth-order valence-corrected chi connectivity index (χ4v) is 2.93. The van der Waals surface area contributed by atoms with Crippen molar-refractivity contribution in [3.8, 4) is 11.3 Å². The Bertz CT molecular complexity index is 803. The number of benzene rings is 2. The zero-order valence-electron chi connectivity index (χ0n) is 12.6. The van der Waals surface area contributed by atoms with Gasteiger partial charge < -0.3 is 9.15 Å². The Morgan fingerprint density at radius 1 is 1.12 bits per heavy atom. The van der Waals surface area contributed by atoms with Crippen molar-refractivity contribution >= 4 is 33.7 Å². The van der Waals surface area contributed by atoms with Crippen LogP contribution in [-0.4, -0.2) is 16.7 Å². The quantitative estimate of drug-likeness (QED) is 0.430. The number of rotatable bonds is 6. The Labute approximate surface area is 152 Å². The number of nitrogens with zero attached hydrogens (tertiary/aromatic N) is 1. The fourth-order valence-electron chi connectivity index (χ4n) is 1.97. The topological polar surface area (TPSA) is 52.3 Å². The van der Waals surface area contributed by atoms with Crippen molar-refractivity contribution in [2.75, 3.05) is 5.75 Å². The van der Waals surface area contributed by atoms with Crippen LogP contribution in [-0.2, 0) is 16.1 Å². The lowest BCUT2D eigenvalue weighted by Gasteiger charge is -2.03. The summed E-state index contributed by atoms with van der Waals surface area (Å²) in [6, 6.07) is 17.4. The van der Waals surface area contributed by atoms with Gasteiger partial charge in [0.05, 0.1) is 11.9 Å². The van der Waals surface area contributed by atoms with Crippen LogP contribution in [0.3, 0.4) is 0 Å². The molecule has 0 radical (unpaired) electrons. The molecule has 0 aliphatic heterocycles. The van der Waals surface area contributed by atoms with Crippen molar-refractivity contribution in [2.45, 2.75) is 11.5 Å². The second-order valence-corrected chi connectivity index (χ2v) is 6.85. The van der Waals surface area contributed by atoms with Gasteiger partial charge in [0.15, 0.2) is 12.4 Å². The second kappa shape index (κ2) is 8.17. The molecular weight excluding hydrogens is 390 g/mol. The highest BCUT2D eigenvalue weighted by atomic mass is 79.9. The standard InChI is InChI=1S/C18H14BrNO3S/c19-14-6-8-15(9-7-14)24-12-18(21)22-11-17-20-10-16(23-17)13-4-2-1-3-5-13/h1-10H,11-12H2. The van der Waals surface area contributed by atoms with E-state index in [0.717, 1.165) is 14.9 Å². The molecule has 3 rings (SSSR count). The monoisotopic (exact) mass is 403 g/mol. The zero-order valence-corrected chi connectivity index (χ0v) is 15.0. The van der Waals surface area contributed by atoms with E-state index in [0.29, 0.717) is 11.7 Å². The molecular formula is C18H14BrNO3S. The molecule has 6 heteroatoms. The summed E-state index contributed by atoms with van der Waals surface area (Å²) >= 11 is 4.80. The molecule has 122 valence electrons. The van der Waals surface area contributed by atoms with Crippen molar-refractivity contribution < 1.29 is 13.9 Å². The molecule has 0 unspecified atom stereocenters. The Morgan fingerprint density at radius 2 is 1.88 bits per heavy atom. The Morgan fingerprint density at radius 3 is 2.62 bits per heavy atom. The summed E-state index contributed by atoms with van der Waals surface area (Å²) in [7, 11) is 0. The number of esters is 1. The number of aromatic nitrogens is 1. The maximum atomic E-state index is 11.8. The average Bonchev–Trinajstić information content (AvgIpc) is 3.09. The third-order valence-electron chi connectivity index (χ3n) is 3.14. The van der Waals surface area contributed by atoms with Crippen LogP contribution in [0.15, 0.2) is 74.6 Å². The molecule has 0 aliphatic carbocycles. The molecule has 0 bridgehead atoms. The summed E-state index contributed by atoms with van der Waals surface area (Å²) in [5.41, 5.74) is 0.938. The van der Waals surface area contributed by atoms with E-state index in [9.17, 15) is 4.79 Å². The van der Waals surface area contributed by atoms with Gasteiger partial charge >= 0.3 is 5.97 Å². The fraction of sp³-hybridized carbons (Fsp3) is 0.111. The molecule has 0 amide bonds. The number of thioether (sulfide) groups is 1. The highest BCUT2D eigenvalue weighted by Gasteiger charge is 2.09. The molecule has 0 N–H and O–H groups in total. The van der Waals surface area contributed by atoms with E-state index in [1.54, 1.807) is 6.20 Å². The van der Waals surface area contributed by atoms with Gasteiger partial charge in [0, 0.05) is 14.9 Å². The number of hydrogen-bond donors (Lipinski definition) is 0. The minimum absolute atomic E-state index is 0.0343. The summed E-state index contributed by atoms with van der Waals surface area (Å²) < 4.78 is 11.8. The molecule has 1 heterocycles. The van der Waals surface area contributed by atoms with Gasteiger partial charge in [0.25, 0.3) is 0 Å². The molecule has 0 fully saturated rings. The molecule has 2 aromatic carbocycles. The predicted molar refractivity (Wildman–Crippen MR) is 96.6 cm³/mol. The van der Waals surface area contributed by atoms with E-state index >= 15 is 0 Å². The Balaban J connectivity index is 1.48. The lowest BCUT2D eigenvalue weighted by molar-refractivity contribution is -0.142. The van der Waals surface area contributed by atoms with Gasteiger partial charge in [0.1, 0.15) is 0 Å². The van der Waals surface area contributed by atoms with Gasteiger partial charge in [-0.1, -0.05) is 46.3 Å². The predicted octanol–water partition coefficient (Wildman–Crippen LogP) is 4.94. The van der Waals surface area contributed by atoms with Crippen molar-refractivity contribution in [1.29, 1.82) is 0 Å². The maximum absolute atomic E-state index is 11.8. The molecule has 0 spiro atoms. The van der Waals surface area contributed by atoms with E-state index in [-0.39, 0.29) is 18.3 Å². The summed E-state index contributed by atoms with van der Waals surface area (Å²) in [6.07, 6.45) is 1.63. The van der Waals surface area contributed by atoms with Crippen molar-refractivity contribution in [2.24, 2.45) is 0 Å². The molecule has 0 saturated heterocycles. The summed E-state index contributed by atoms with van der Waals surface area (Å²) in [5.74, 6) is 0.984. The van der Waals surface area contributed by atoms with Crippen LogP contribution in [0.4, 0.5) is 0 Å².